The molecule has 216 valence electrons. The monoisotopic (exact) mass is 542 g/mol. The van der Waals surface area contributed by atoms with Crippen LogP contribution in [-0.4, -0.2) is 11.8 Å². The molecule has 0 spiro atoms. The molecule has 6 rings (SSSR count). The Balaban J connectivity index is 1.33. The summed E-state index contributed by atoms with van der Waals surface area (Å²) >= 11 is 0. The van der Waals surface area contributed by atoms with Gasteiger partial charge in [0.15, 0.2) is 5.78 Å². The summed E-state index contributed by atoms with van der Waals surface area (Å²) in [6.07, 6.45) is 11.7. The molecule has 1 aromatic rings. The van der Waals surface area contributed by atoms with Crippen LogP contribution in [0.15, 0.2) is 53.1 Å². The highest BCUT2D eigenvalue weighted by Crippen LogP contribution is 2.74. The minimum atomic E-state index is -0.522. The van der Waals surface area contributed by atoms with Gasteiger partial charge in [-0.15, -0.1) is 0 Å². The van der Waals surface area contributed by atoms with Crippen LogP contribution in [0.25, 0.3) is 0 Å². The van der Waals surface area contributed by atoms with Crippen molar-refractivity contribution in [2.75, 3.05) is 0 Å². The molecule has 4 saturated carbocycles. The van der Waals surface area contributed by atoms with Crippen LogP contribution < -0.4 is 0 Å². The molecule has 5 aliphatic carbocycles. The first-order valence-corrected chi connectivity index (χ1v) is 15.9. The first kappa shape index (κ1) is 28.0. The highest BCUT2D eigenvalue weighted by molar-refractivity contribution is 5.96. The Bertz CT molecular complexity index is 1290. The molecule has 40 heavy (non-hydrogen) atoms. The SMILES string of the molecule is CC(C)=C1CC[C@@]2(C)C1CC[C@]1(C)C2C(=O)C=C2C3C[C@@](C)(C(=O)OCc4ccccc4)CC[C@]3(C)CC[C@]21C. The van der Waals surface area contributed by atoms with Crippen LogP contribution in [0, 0.1) is 44.8 Å². The number of hydrogen-bond acceptors (Lipinski definition) is 3. The van der Waals surface area contributed by atoms with E-state index in [9.17, 15) is 9.59 Å². The van der Waals surface area contributed by atoms with Gasteiger partial charge in [-0.2, -0.15) is 0 Å². The molecular formula is C37H50O3. The molecule has 0 aromatic heterocycles. The molecule has 3 heteroatoms. The fourth-order valence-corrected chi connectivity index (χ4v) is 10.7. The van der Waals surface area contributed by atoms with Crippen LogP contribution in [0.5, 0.6) is 0 Å². The summed E-state index contributed by atoms with van der Waals surface area (Å²) in [6.45, 7) is 16.8. The zero-order valence-electron chi connectivity index (χ0n) is 26.0. The lowest BCUT2D eigenvalue weighted by atomic mass is 9.36. The highest BCUT2D eigenvalue weighted by Gasteiger charge is 2.69. The first-order chi connectivity index (χ1) is 18.8. The third kappa shape index (κ3) is 3.81. The molecule has 5 aliphatic rings. The summed E-state index contributed by atoms with van der Waals surface area (Å²) in [7, 11) is 0. The molecule has 1 aromatic carbocycles. The van der Waals surface area contributed by atoms with E-state index in [-0.39, 0.29) is 39.5 Å². The van der Waals surface area contributed by atoms with Gasteiger partial charge in [0, 0.05) is 5.92 Å². The molecule has 0 amide bonds. The molecule has 3 nitrogen and oxygen atoms in total. The van der Waals surface area contributed by atoms with E-state index in [0.29, 0.717) is 18.3 Å². The van der Waals surface area contributed by atoms with E-state index in [1.165, 1.54) is 24.0 Å². The van der Waals surface area contributed by atoms with Gasteiger partial charge in [0.2, 0.25) is 0 Å². The Hall–Kier alpha value is -2.16. The summed E-state index contributed by atoms with van der Waals surface area (Å²) in [5.74, 6) is 1.17. The number of carbonyl (C=O) groups is 2. The second-order valence-electron chi connectivity index (χ2n) is 15.8. The fourth-order valence-electron chi connectivity index (χ4n) is 10.7. The number of carbonyl (C=O) groups excluding carboxylic acids is 2. The number of ketones is 1. The molecule has 0 saturated heterocycles. The Labute approximate surface area is 242 Å². The molecular weight excluding hydrogens is 492 g/mol. The van der Waals surface area contributed by atoms with E-state index >= 15 is 0 Å². The molecule has 0 radical (unpaired) electrons. The Morgan fingerprint density at radius 1 is 0.900 bits per heavy atom. The predicted octanol–water partition coefficient (Wildman–Crippen LogP) is 9.02. The molecule has 0 bridgehead atoms. The van der Waals surface area contributed by atoms with Crippen molar-refractivity contribution in [3.8, 4) is 0 Å². The van der Waals surface area contributed by atoms with Crippen LogP contribution in [0.2, 0.25) is 0 Å². The Morgan fingerprint density at radius 3 is 2.30 bits per heavy atom. The van der Waals surface area contributed by atoms with Gasteiger partial charge in [-0.1, -0.05) is 74.7 Å². The number of allylic oxidation sites excluding steroid dienone is 4. The fraction of sp³-hybridized carbons (Fsp3) is 0.676. The number of fused-ring (bicyclic) bond motifs is 7. The zero-order chi connectivity index (χ0) is 28.7. The summed E-state index contributed by atoms with van der Waals surface area (Å²) in [4.78, 5) is 28.0. The lowest BCUT2D eigenvalue weighted by molar-refractivity contribution is -0.167. The van der Waals surface area contributed by atoms with Crippen molar-refractivity contribution in [3.05, 3.63) is 58.7 Å². The average Bonchev–Trinajstić information content (AvgIpc) is 3.27. The predicted molar refractivity (Wildman–Crippen MR) is 160 cm³/mol. The zero-order valence-corrected chi connectivity index (χ0v) is 26.0. The standard InChI is InChI=1S/C37H50O3/c1-24(2)26-13-15-35(5)27(26)14-16-37(7)31(35)30(38)21-28-29-22-34(4,18-17-33(29,3)19-20-36(28,37)6)32(39)40-23-25-11-9-8-10-12-25/h8-12,21,27,29,31H,13-20,22-23H2,1-7H3/t27?,29?,31?,33-,34+,35+,36-,37-/m1/s1. The van der Waals surface area contributed by atoms with Crippen molar-refractivity contribution < 1.29 is 14.3 Å². The topological polar surface area (TPSA) is 43.4 Å². The van der Waals surface area contributed by atoms with Crippen molar-refractivity contribution in [3.63, 3.8) is 0 Å². The lowest BCUT2D eigenvalue weighted by Crippen LogP contribution is -2.62. The maximum atomic E-state index is 14.4. The normalized spacial score (nSPS) is 44.1. The second-order valence-corrected chi connectivity index (χ2v) is 15.8. The molecule has 4 fully saturated rings. The Morgan fingerprint density at radius 2 is 1.60 bits per heavy atom. The number of ether oxygens (including phenoxy) is 1. The van der Waals surface area contributed by atoms with Gasteiger partial charge in [0.25, 0.3) is 0 Å². The van der Waals surface area contributed by atoms with E-state index in [0.717, 1.165) is 50.5 Å². The lowest BCUT2D eigenvalue weighted by Gasteiger charge is -2.67. The van der Waals surface area contributed by atoms with Gasteiger partial charge >= 0.3 is 5.97 Å². The maximum Gasteiger partial charge on any atom is 0.312 e. The van der Waals surface area contributed by atoms with E-state index in [1.807, 2.05) is 30.3 Å². The molecule has 8 atom stereocenters. The van der Waals surface area contributed by atoms with Gasteiger partial charge in [0.05, 0.1) is 5.41 Å². The van der Waals surface area contributed by atoms with E-state index in [2.05, 4.69) is 54.5 Å². The van der Waals surface area contributed by atoms with E-state index in [4.69, 9.17) is 4.74 Å². The molecule has 0 N–H and O–H groups in total. The summed E-state index contributed by atoms with van der Waals surface area (Å²) in [5, 5.41) is 0. The number of rotatable bonds is 3. The van der Waals surface area contributed by atoms with Crippen molar-refractivity contribution in [1.82, 2.24) is 0 Å². The Kier molecular flexibility index (Phi) is 6.41. The van der Waals surface area contributed by atoms with Gasteiger partial charge in [-0.25, -0.2) is 0 Å². The summed E-state index contributed by atoms with van der Waals surface area (Å²) in [5.41, 5.74) is 5.10. The van der Waals surface area contributed by atoms with Gasteiger partial charge in [-0.05, 0) is 124 Å². The molecule has 0 aliphatic heterocycles. The number of benzene rings is 1. The van der Waals surface area contributed by atoms with Crippen LogP contribution in [0.1, 0.15) is 112 Å². The molecule has 0 heterocycles. The third-order valence-electron chi connectivity index (χ3n) is 13.5. The van der Waals surface area contributed by atoms with Gasteiger partial charge < -0.3 is 4.74 Å². The van der Waals surface area contributed by atoms with Crippen LogP contribution >= 0.6 is 0 Å². The van der Waals surface area contributed by atoms with Gasteiger partial charge in [0.1, 0.15) is 6.61 Å². The number of esters is 1. The minimum Gasteiger partial charge on any atom is -0.460 e. The average molecular weight is 543 g/mol. The quantitative estimate of drug-likeness (QED) is 0.283. The smallest absolute Gasteiger partial charge is 0.312 e. The summed E-state index contributed by atoms with van der Waals surface area (Å²) < 4.78 is 5.93. The van der Waals surface area contributed by atoms with Crippen LogP contribution in [0.4, 0.5) is 0 Å². The van der Waals surface area contributed by atoms with Crippen molar-refractivity contribution >= 4 is 11.8 Å². The first-order valence-electron chi connectivity index (χ1n) is 15.9. The number of hydrogen-bond donors (Lipinski definition) is 0. The maximum absolute atomic E-state index is 14.4. The van der Waals surface area contributed by atoms with Crippen molar-refractivity contribution in [2.45, 2.75) is 113 Å². The van der Waals surface area contributed by atoms with E-state index in [1.54, 1.807) is 5.57 Å². The van der Waals surface area contributed by atoms with Crippen LogP contribution in [-0.2, 0) is 20.9 Å². The minimum absolute atomic E-state index is 0.0103. The molecule has 3 unspecified atom stereocenters. The van der Waals surface area contributed by atoms with Crippen molar-refractivity contribution in [2.24, 2.45) is 44.8 Å². The second kappa shape index (κ2) is 9.17. The van der Waals surface area contributed by atoms with Crippen LogP contribution in [0.3, 0.4) is 0 Å². The highest BCUT2D eigenvalue weighted by atomic mass is 16.5. The van der Waals surface area contributed by atoms with E-state index < -0.39 is 5.41 Å². The summed E-state index contributed by atoms with van der Waals surface area (Å²) in [6, 6.07) is 9.98. The van der Waals surface area contributed by atoms with Crippen molar-refractivity contribution in [1.29, 1.82) is 0 Å². The largest absolute Gasteiger partial charge is 0.460 e. The van der Waals surface area contributed by atoms with Gasteiger partial charge in [-0.3, -0.25) is 9.59 Å². The third-order valence-corrected chi connectivity index (χ3v) is 13.5.